The number of hydrogen-bond donors (Lipinski definition) is 1. The maximum Gasteiger partial charge on any atom is 0.328 e. The SMILES string of the molecule is CCOC(=O)C[C@@H](C(=O)NC)N(C)C(=O)C(C)N1C(=O)N(C)C(C)(C)C1=O. The number of imide groups is 1. The molecule has 10 heteroatoms. The van der Waals surface area contributed by atoms with E-state index in [4.69, 9.17) is 4.74 Å². The largest absolute Gasteiger partial charge is 0.466 e. The number of esters is 1. The van der Waals surface area contributed by atoms with Gasteiger partial charge in [-0.3, -0.25) is 19.2 Å². The number of carbonyl (C=O) groups is 5. The first kappa shape index (κ1) is 22.4. The quantitative estimate of drug-likeness (QED) is 0.470. The Morgan fingerprint density at radius 1 is 1.26 bits per heavy atom. The molecule has 1 unspecified atom stereocenters. The minimum Gasteiger partial charge on any atom is -0.466 e. The van der Waals surface area contributed by atoms with E-state index in [2.05, 4.69) is 5.32 Å². The highest BCUT2D eigenvalue weighted by atomic mass is 16.5. The van der Waals surface area contributed by atoms with Crippen molar-refractivity contribution < 1.29 is 28.7 Å². The third kappa shape index (κ3) is 4.20. The molecular weight excluding hydrogens is 356 g/mol. The molecule has 1 N–H and O–H groups in total. The average Bonchev–Trinajstić information content (AvgIpc) is 2.77. The Labute approximate surface area is 158 Å². The van der Waals surface area contributed by atoms with Crippen LogP contribution < -0.4 is 5.32 Å². The van der Waals surface area contributed by atoms with Crippen molar-refractivity contribution in [3.63, 3.8) is 0 Å². The maximum atomic E-state index is 12.9. The van der Waals surface area contributed by atoms with E-state index < -0.39 is 47.3 Å². The molecule has 1 saturated heterocycles. The summed E-state index contributed by atoms with van der Waals surface area (Å²) in [4.78, 5) is 65.0. The normalized spacial score (nSPS) is 18.2. The van der Waals surface area contributed by atoms with Crippen LogP contribution >= 0.6 is 0 Å². The van der Waals surface area contributed by atoms with Gasteiger partial charge in [-0.1, -0.05) is 0 Å². The number of ether oxygens (including phenoxy) is 1. The van der Waals surface area contributed by atoms with Gasteiger partial charge in [0, 0.05) is 21.1 Å². The first-order valence-corrected chi connectivity index (χ1v) is 8.67. The van der Waals surface area contributed by atoms with Crippen LogP contribution in [0.15, 0.2) is 0 Å². The van der Waals surface area contributed by atoms with E-state index in [1.807, 2.05) is 0 Å². The number of urea groups is 1. The van der Waals surface area contributed by atoms with Crippen LogP contribution in [0.1, 0.15) is 34.1 Å². The second-order valence-electron chi connectivity index (χ2n) is 6.84. The van der Waals surface area contributed by atoms with E-state index in [9.17, 15) is 24.0 Å². The molecule has 0 bridgehead atoms. The second-order valence-corrected chi connectivity index (χ2v) is 6.84. The standard InChI is InChI=1S/C17H28N4O6/c1-8-27-12(22)9-11(13(23)18-5)19(6)14(24)10(2)21-15(25)17(3,4)20(7)16(21)26/h10-11H,8-9H2,1-7H3,(H,18,23)/t10?,11-/m0/s1. The summed E-state index contributed by atoms with van der Waals surface area (Å²) in [6, 6.07) is -2.85. The molecule has 1 rings (SSSR count). The van der Waals surface area contributed by atoms with Crippen molar-refractivity contribution in [2.24, 2.45) is 0 Å². The number of amides is 5. The molecule has 0 aromatic rings. The van der Waals surface area contributed by atoms with E-state index in [0.717, 1.165) is 9.80 Å². The zero-order valence-electron chi connectivity index (χ0n) is 16.9. The van der Waals surface area contributed by atoms with Crippen LogP contribution in [0.25, 0.3) is 0 Å². The smallest absolute Gasteiger partial charge is 0.328 e. The van der Waals surface area contributed by atoms with Gasteiger partial charge in [0.2, 0.25) is 11.8 Å². The molecule has 0 saturated carbocycles. The summed E-state index contributed by atoms with van der Waals surface area (Å²) in [5, 5.41) is 2.40. The number of likely N-dealkylation sites (N-methyl/N-ethyl adjacent to an activating group) is 3. The number of nitrogens with one attached hydrogen (secondary N) is 1. The summed E-state index contributed by atoms with van der Waals surface area (Å²) in [6.45, 7) is 6.36. The third-order valence-corrected chi connectivity index (χ3v) is 4.85. The molecule has 0 spiro atoms. The Kier molecular flexibility index (Phi) is 6.93. The zero-order chi connectivity index (χ0) is 21.1. The minimum absolute atomic E-state index is 0.144. The van der Waals surface area contributed by atoms with Crippen molar-refractivity contribution >= 4 is 29.7 Å². The molecule has 2 atom stereocenters. The molecule has 0 radical (unpaired) electrons. The van der Waals surface area contributed by atoms with Gasteiger partial charge < -0.3 is 19.9 Å². The van der Waals surface area contributed by atoms with Crippen LogP contribution in [0.3, 0.4) is 0 Å². The lowest BCUT2D eigenvalue weighted by Gasteiger charge is -2.31. The first-order valence-electron chi connectivity index (χ1n) is 8.67. The number of rotatable bonds is 7. The fraction of sp³-hybridized carbons (Fsp3) is 0.706. The minimum atomic E-state index is -1.13. The number of carbonyl (C=O) groups excluding carboxylic acids is 5. The fourth-order valence-corrected chi connectivity index (χ4v) is 2.78. The van der Waals surface area contributed by atoms with E-state index in [1.54, 1.807) is 20.8 Å². The van der Waals surface area contributed by atoms with Gasteiger partial charge in [0.25, 0.3) is 5.91 Å². The van der Waals surface area contributed by atoms with Crippen molar-refractivity contribution in [1.82, 2.24) is 20.0 Å². The van der Waals surface area contributed by atoms with Crippen molar-refractivity contribution in [3.8, 4) is 0 Å². The van der Waals surface area contributed by atoms with Crippen LogP contribution in [-0.2, 0) is 23.9 Å². The second kappa shape index (κ2) is 8.36. The van der Waals surface area contributed by atoms with E-state index >= 15 is 0 Å². The molecule has 152 valence electrons. The first-order chi connectivity index (χ1) is 12.4. The van der Waals surface area contributed by atoms with Gasteiger partial charge in [-0.05, 0) is 27.7 Å². The van der Waals surface area contributed by atoms with Gasteiger partial charge in [0.1, 0.15) is 17.6 Å². The monoisotopic (exact) mass is 384 g/mol. The molecule has 10 nitrogen and oxygen atoms in total. The van der Waals surface area contributed by atoms with Crippen LogP contribution in [0, 0.1) is 0 Å². The van der Waals surface area contributed by atoms with Crippen molar-refractivity contribution in [1.29, 1.82) is 0 Å². The van der Waals surface area contributed by atoms with Gasteiger partial charge in [-0.25, -0.2) is 9.69 Å². The molecule has 1 aliphatic heterocycles. The summed E-state index contributed by atoms with van der Waals surface area (Å²) in [5.74, 6) is -2.33. The molecule has 0 aromatic heterocycles. The molecule has 1 fully saturated rings. The van der Waals surface area contributed by atoms with Gasteiger partial charge in [-0.2, -0.15) is 0 Å². The van der Waals surface area contributed by atoms with Crippen molar-refractivity contribution in [2.45, 2.75) is 51.7 Å². The molecule has 5 amide bonds. The summed E-state index contributed by atoms with van der Waals surface area (Å²) >= 11 is 0. The molecule has 1 heterocycles. The van der Waals surface area contributed by atoms with Gasteiger partial charge in [-0.15, -0.1) is 0 Å². The van der Waals surface area contributed by atoms with Crippen molar-refractivity contribution in [2.75, 3.05) is 27.7 Å². The van der Waals surface area contributed by atoms with Gasteiger partial charge in [0.15, 0.2) is 0 Å². The third-order valence-electron chi connectivity index (χ3n) is 4.85. The summed E-state index contributed by atoms with van der Waals surface area (Å²) in [5.41, 5.74) is -1.07. The Balaban J connectivity index is 3.06. The number of hydrogen-bond acceptors (Lipinski definition) is 6. The van der Waals surface area contributed by atoms with Crippen LogP contribution in [-0.4, -0.2) is 89.8 Å². The topological polar surface area (TPSA) is 116 Å². The van der Waals surface area contributed by atoms with E-state index in [1.165, 1.54) is 33.0 Å². The molecule has 1 aliphatic rings. The van der Waals surface area contributed by atoms with Crippen molar-refractivity contribution in [3.05, 3.63) is 0 Å². The lowest BCUT2D eigenvalue weighted by Crippen LogP contribution is -2.55. The predicted octanol–water partition coefficient (Wildman–Crippen LogP) is -0.426. The number of nitrogens with zero attached hydrogens (tertiary/aromatic N) is 3. The average molecular weight is 384 g/mol. The van der Waals surface area contributed by atoms with Crippen LogP contribution in [0.5, 0.6) is 0 Å². The van der Waals surface area contributed by atoms with Crippen LogP contribution in [0.2, 0.25) is 0 Å². The highest BCUT2D eigenvalue weighted by Gasteiger charge is 2.52. The molecule has 0 aromatic carbocycles. The molecule has 0 aliphatic carbocycles. The Bertz CT molecular complexity index is 647. The summed E-state index contributed by atoms with van der Waals surface area (Å²) in [6.07, 6.45) is -0.338. The molecule has 27 heavy (non-hydrogen) atoms. The van der Waals surface area contributed by atoms with Gasteiger partial charge in [0.05, 0.1) is 13.0 Å². The molecular formula is C17H28N4O6. The van der Waals surface area contributed by atoms with E-state index in [0.29, 0.717) is 0 Å². The fourth-order valence-electron chi connectivity index (χ4n) is 2.78. The Hall–Kier alpha value is -2.65. The van der Waals surface area contributed by atoms with E-state index in [-0.39, 0.29) is 13.0 Å². The maximum absolute atomic E-state index is 12.9. The highest BCUT2D eigenvalue weighted by molar-refractivity contribution is 6.09. The summed E-state index contributed by atoms with van der Waals surface area (Å²) in [7, 11) is 4.21. The predicted molar refractivity (Wildman–Crippen MR) is 95.4 cm³/mol. The summed E-state index contributed by atoms with van der Waals surface area (Å²) < 4.78 is 4.85. The van der Waals surface area contributed by atoms with Gasteiger partial charge >= 0.3 is 12.0 Å². The van der Waals surface area contributed by atoms with Crippen LogP contribution in [0.4, 0.5) is 4.79 Å². The Morgan fingerprint density at radius 3 is 2.22 bits per heavy atom. The lowest BCUT2D eigenvalue weighted by atomic mass is 10.0. The lowest BCUT2D eigenvalue weighted by molar-refractivity contribution is -0.151. The zero-order valence-corrected chi connectivity index (χ0v) is 16.9. The highest BCUT2D eigenvalue weighted by Crippen LogP contribution is 2.28. The Morgan fingerprint density at radius 2 is 1.81 bits per heavy atom.